The summed E-state index contributed by atoms with van der Waals surface area (Å²) in [6.07, 6.45) is 9.88. The van der Waals surface area contributed by atoms with E-state index in [2.05, 4.69) is 35.5 Å². The van der Waals surface area contributed by atoms with Crippen molar-refractivity contribution in [1.29, 1.82) is 0 Å². The number of hydrogen-bond acceptors (Lipinski definition) is 7. The van der Waals surface area contributed by atoms with Gasteiger partial charge in [-0.1, -0.05) is 0 Å². The van der Waals surface area contributed by atoms with Crippen molar-refractivity contribution in [1.82, 2.24) is 30.1 Å². The molecule has 0 radical (unpaired) electrons. The fraction of sp³-hybridized carbons (Fsp3) is 0.194. The number of pyridine rings is 3. The quantitative estimate of drug-likeness (QED) is 0.216. The second kappa shape index (κ2) is 10.4. The van der Waals surface area contributed by atoms with Gasteiger partial charge in [-0.05, 0) is 67.3 Å². The van der Waals surface area contributed by atoms with Crippen LogP contribution in [-0.4, -0.2) is 56.5 Å². The first-order valence-corrected chi connectivity index (χ1v) is 15.8. The molecule has 1 amide bonds. The molecule has 1 aromatic carbocycles. The van der Waals surface area contributed by atoms with Gasteiger partial charge in [-0.25, -0.2) is 12.8 Å². The maximum absolute atomic E-state index is 14.6. The minimum Gasteiger partial charge on any atom is -0.353 e. The topological polar surface area (TPSA) is 146 Å². The zero-order valence-corrected chi connectivity index (χ0v) is 23.9. The Bertz CT molecular complexity index is 2150. The highest BCUT2D eigenvalue weighted by molar-refractivity contribution is 7.90. The third kappa shape index (κ3) is 5.61. The Morgan fingerprint density at radius 2 is 1.81 bits per heavy atom. The fourth-order valence-corrected chi connectivity index (χ4v) is 5.77. The van der Waals surface area contributed by atoms with Crippen LogP contribution < -0.4 is 5.32 Å². The monoisotopic (exact) mass is 595 g/mol. The van der Waals surface area contributed by atoms with E-state index in [4.69, 9.17) is 0 Å². The summed E-state index contributed by atoms with van der Waals surface area (Å²) in [5, 5.41) is 12.1. The Morgan fingerprint density at radius 1 is 0.977 bits per heavy atom. The third-order valence-corrected chi connectivity index (χ3v) is 8.44. The van der Waals surface area contributed by atoms with E-state index in [-0.39, 0.29) is 24.0 Å². The highest BCUT2D eigenvalue weighted by atomic mass is 32.2. The summed E-state index contributed by atoms with van der Waals surface area (Å²) in [5.41, 5.74) is 6.67. The van der Waals surface area contributed by atoms with E-state index < -0.39 is 15.7 Å². The Labute approximate surface area is 245 Å². The molecule has 1 aliphatic rings. The lowest BCUT2D eigenvalue weighted by molar-refractivity contribution is -0.117. The van der Waals surface area contributed by atoms with Crippen LogP contribution in [0.4, 0.5) is 10.1 Å². The number of aryl methyl sites for hydroxylation is 1. The number of anilines is 1. The van der Waals surface area contributed by atoms with Crippen LogP contribution in [0.5, 0.6) is 0 Å². The average Bonchev–Trinajstić information content (AvgIpc) is 3.61. The van der Waals surface area contributed by atoms with Crippen molar-refractivity contribution in [2.24, 2.45) is 5.92 Å². The van der Waals surface area contributed by atoms with E-state index in [0.717, 1.165) is 52.2 Å². The highest BCUT2D eigenvalue weighted by Crippen LogP contribution is 2.35. The van der Waals surface area contributed by atoms with Crippen LogP contribution in [-0.2, 0) is 21.1 Å². The van der Waals surface area contributed by atoms with Crippen LogP contribution in [0.1, 0.15) is 18.4 Å². The van der Waals surface area contributed by atoms with Crippen LogP contribution >= 0.6 is 0 Å². The molecule has 0 spiro atoms. The van der Waals surface area contributed by atoms with E-state index in [9.17, 15) is 17.6 Å². The summed E-state index contributed by atoms with van der Waals surface area (Å²) in [6, 6.07) is 12.1. The molecule has 43 heavy (non-hydrogen) atoms. The van der Waals surface area contributed by atoms with Gasteiger partial charge in [0.1, 0.15) is 21.3 Å². The van der Waals surface area contributed by atoms with Crippen molar-refractivity contribution >= 4 is 43.2 Å². The molecular weight excluding hydrogens is 569 g/mol. The van der Waals surface area contributed by atoms with Gasteiger partial charge in [-0.3, -0.25) is 24.8 Å². The molecule has 0 unspecified atom stereocenters. The second-order valence-corrected chi connectivity index (χ2v) is 13.2. The number of sulfone groups is 1. The van der Waals surface area contributed by atoms with Gasteiger partial charge in [-0.2, -0.15) is 5.10 Å². The number of halogens is 1. The van der Waals surface area contributed by atoms with Gasteiger partial charge in [0, 0.05) is 52.0 Å². The first-order chi connectivity index (χ1) is 20.7. The van der Waals surface area contributed by atoms with Gasteiger partial charge in [0.15, 0.2) is 0 Å². The van der Waals surface area contributed by atoms with Gasteiger partial charge in [0.2, 0.25) is 5.91 Å². The van der Waals surface area contributed by atoms with Crippen molar-refractivity contribution in [2.45, 2.75) is 19.3 Å². The molecule has 6 aromatic rings. The molecule has 3 N–H and O–H groups in total. The van der Waals surface area contributed by atoms with Crippen LogP contribution in [0.25, 0.3) is 55.7 Å². The number of amides is 1. The Balaban J connectivity index is 1.25. The Hall–Kier alpha value is -4.97. The highest BCUT2D eigenvalue weighted by Gasteiger charge is 2.29. The summed E-state index contributed by atoms with van der Waals surface area (Å²) in [7, 11) is -3.19. The number of aromatic amines is 2. The number of carbonyl (C=O) groups is 1. The first-order valence-electron chi connectivity index (χ1n) is 13.8. The van der Waals surface area contributed by atoms with Crippen molar-refractivity contribution < 1.29 is 17.6 Å². The summed E-state index contributed by atoms with van der Waals surface area (Å²) < 4.78 is 37.9. The maximum atomic E-state index is 14.6. The number of rotatable bonds is 8. The van der Waals surface area contributed by atoms with Crippen molar-refractivity contribution in [3.63, 3.8) is 0 Å². The third-order valence-electron chi connectivity index (χ3n) is 7.49. The van der Waals surface area contributed by atoms with E-state index in [1.165, 1.54) is 12.1 Å². The number of benzene rings is 1. The molecule has 0 saturated heterocycles. The number of carbonyl (C=O) groups excluding carboxylic acids is 1. The smallest absolute Gasteiger partial charge is 0.227 e. The minimum atomic E-state index is -3.19. The zero-order valence-electron chi connectivity index (χ0n) is 23.1. The van der Waals surface area contributed by atoms with Gasteiger partial charge >= 0.3 is 0 Å². The van der Waals surface area contributed by atoms with Gasteiger partial charge < -0.3 is 10.3 Å². The van der Waals surface area contributed by atoms with Crippen LogP contribution in [0.3, 0.4) is 0 Å². The van der Waals surface area contributed by atoms with Gasteiger partial charge in [0.25, 0.3) is 0 Å². The number of aromatic nitrogens is 6. The number of nitrogens with zero attached hydrogens (tertiary/aromatic N) is 4. The minimum absolute atomic E-state index is 0.00974. The van der Waals surface area contributed by atoms with Gasteiger partial charge in [-0.15, -0.1) is 0 Å². The SMILES string of the molecule is CS(=O)(=O)CCc1cc(F)cc(-c2nccc3[nH]c(-c4n[nH]c5cnc(-c6cncc(NC(=O)C7CC7)c6)cc45)cc23)c1. The largest absolute Gasteiger partial charge is 0.353 e. The molecule has 10 nitrogen and oxygen atoms in total. The van der Waals surface area contributed by atoms with Crippen LogP contribution in [0.15, 0.2) is 67.3 Å². The molecule has 5 aromatic heterocycles. The van der Waals surface area contributed by atoms with E-state index >= 15 is 0 Å². The van der Waals surface area contributed by atoms with Crippen LogP contribution in [0, 0.1) is 11.7 Å². The molecule has 1 saturated carbocycles. The molecule has 7 rings (SSSR count). The number of fused-ring (bicyclic) bond motifs is 2. The number of H-pyrrole nitrogens is 2. The van der Waals surface area contributed by atoms with Gasteiger partial charge in [0.05, 0.1) is 46.4 Å². The van der Waals surface area contributed by atoms with E-state index in [0.29, 0.717) is 33.9 Å². The van der Waals surface area contributed by atoms with Crippen molar-refractivity contribution in [3.05, 3.63) is 78.6 Å². The molecule has 0 aliphatic heterocycles. The van der Waals surface area contributed by atoms with E-state index in [1.807, 2.05) is 24.3 Å². The first kappa shape index (κ1) is 26.9. The summed E-state index contributed by atoms with van der Waals surface area (Å²) in [4.78, 5) is 29.1. The normalized spacial score (nSPS) is 13.5. The molecule has 216 valence electrons. The summed E-state index contributed by atoms with van der Waals surface area (Å²) in [5.74, 6) is -0.433. The molecule has 0 bridgehead atoms. The second-order valence-electron chi connectivity index (χ2n) is 10.9. The predicted molar refractivity (Wildman–Crippen MR) is 162 cm³/mol. The molecule has 12 heteroatoms. The Kier molecular flexibility index (Phi) is 6.50. The lowest BCUT2D eigenvalue weighted by atomic mass is 10.0. The van der Waals surface area contributed by atoms with Crippen molar-refractivity contribution in [3.8, 4) is 33.9 Å². The molecular formula is C31H26FN7O3S. The number of hydrogen-bond donors (Lipinski definition) is 3. The fourth-order valence-electron chi connectivity index (χ4n) is 5.16. The predicted octanol–water partition coefficient (Wildman–Crippen LogP) is 5.30. The van der Waals surface area contributed by atoms with Crippen LogP contribution in [0.2, 0.25) is 0 Å². The van der Waals surface area contributed by atoms with E-state index in [1.54, 1.807) is 30.9 Å². The summed E-state index contributed by atoms with van der Waals surface area (Å²) >= 11 is 0. The molecule has 5 heterocycles. The maximum Gasteiger partial charge on any atom is 0.227 e. The molecule has 1 aliphatic carbocycles. The van der Waals surface area contributed by atoms with Crippen molar-refractivity contribution in [2.75, 3.05) is 17.3 Å². The Morgan fingerprint density at radius 3 is 2.63 bits per heavy atom. The zero-order chi connectivity index (χ0) is 29.7. The standard InChI is InChI=1S/C31H26FN7O3S/c1-43(41,42)7-5-17-8-19(10-21(32)9-17)29-23-13-27(37-25(23)4-6-34-29)30-24-12-26(35-16-28(24)38-39-30)20-11-22(15-33-14-20)36-31(40)18-2-3-18/h4,6,8-16,18,37H,2-3,5,7H2,1H3,(H,36,40)(H,38,39). The molecule has 1 fully saturated rings. The molecule has 0 atom stereocenters. The average molecular weight is 596 g/mol. The lowest BCUT2D eigenvalue weighted by Crippen LogP contribution is -2.13. The number of nitrogens with one attached hydrogen (secondary N) is 3. The lowest BCUT2D eigenvalue weighted by Gasteiger charge is -2.07. The summed E-state index contributed by atoms with van der Waals surface area (Å²) in [6.45, 7) is 0.